The molecule has 0 bridgehead atoms. The monoisotopic (exact) mass is 230 g/mol. The Balaban J connectivity index is 2.39. The van der Waals surface area contributed by atoms with E-state index in [2.05, 4.69) is 6.92 Å². The molecule has 0 atom stereocenters. The Bertz CT molecular complexity index is 520. The molecule has 88 valence electrons. The van der Waals surface area contributed by atoms with Crippen LogP contribution in [0.25, 0.3) is 11.1 Å². The number of hydrogen-bond acceptors (Lipinski definition) is 1. The summed E-state index contributed by atoms with van der Waals surface area (Å²) in [4.78, 5) is 0. The summed E-state index contributed by atoms with van der Waals surface area (Å²) in [7, 11) is 0. The van der Waals surface area contributed by atoms with Crippen molar-refractivity contribution < 1.29 is 9.50 Å². The Morgan fingerprint density at radius 2 is 1.94 bits per heavy atom. The van der Waals surface area contributed by atoms with Crippen LogP contribution in [0.1, 0.15) is 18.9 Å². The van der Waals surface area contributed by atoms with Gasteiger partial charge in [-0.05, 0) is 35.7 Å². The normalized spacial score (nSPS) is 10.5. The summed E-state index contributed by atoms with van der Waals surface area (Å²) < 4.78 is 13.1. The van der Waals surface area contributed by atoms with Gasteiger partial charge >= 0.3 is 0 Å². The fourth-order valence-corrected chi connectivity index (χ4v) is 1.92. The van der Waals surface area contributed by atoms with E-state index in [0.717, 1.165) is 18.4 Å². The lowest BCUT2D eigenvalue weighted by atomic mass is 10.0. The van der Waals surface area contributed by atoms with Crippen LogP contribution in [0.5, 0.6) is 5.75 Å². The fraction of sp³-hybridized carbons (Fsp3) is 0.200. The van der Waals surface area contributed by atoms with Crippen molar-refractivity contribution >= 4 is 0 Å². The van der Waals surface area contributed by atoms with E-state index in [1.54, 1.807) is 18.2 Å². The maximum atomic E-state index is 13.1. The molecule has 2 aromatic carbocycles. The first-order chi connectivity index (χ1) is 8.20. The van der Waals surface area contributed by atoms with E-state index >= 15 is 0 Å². The van der Waals surface area contributed by atoms with Crippen LogP contribution in [0.2, 0.25) is 0 Å². The Morgan fingerprint density at radius 1 is 1.12 bits per heavy atom. The molecule has 0 fully saturated rings. The topological polar surface area (TPSA) is 20.2 Å². The summed E-state index contributed by atoms with van der Waals surface area (Å²) in [6.07, 6.45) is 1.98. The third-order valence-corrected chi connectivity index (χ3v) is 2.74. The number of phenolic OH excluding ortho intramolecular Hbond substituents is 1. The Hall–Kier alpha value is -1.83. The minimum atomic E-state index is -0.292. The van der Waals surface area contributed by atoms with Gasteiger partial charge in [0.25, 0.3) is 0 Å². The summed E-state index contributed by atoms with van der Waals surface area (Å²) in [5.74, 6) is -0.0823. The van der Waals surface area contributed by atoms with E-state index in [0.29, 0.717) is 11.1 Å². The number of hydrogen-bond donors (Lipinski definition) is 1. The highest BCUT2D eigenvalue weighted by atomic mass is 19.1. The Morgan fingerprint density at radius 3 is 2.59 bits per heavy atom. The SMILES string of the molecule is CCCc1ccc(-c2cccc(F)c2)c(O)c1. The van der Waals surface area contributed by atoms with Crippen molar-refractivity contribution in [1.82, 2.24) is 0 Å². The largest absolute Gasteiger partial charge is 0.507 e. The van der Waals surface area contributed by atoms with Crippen LogP contribution >= 0.6 is 0 Å². The third kappa shape index (κ3) is 2.64. The number of aryl methyl sites for hydroxylation is 1. The van der Waals surface area contributed by atoms with Crippen molar-refractivity contribution in [2.75, 3.05) is 0 Å². The molecule has 17 heavy (non-hydrogen) atoms. The molecule has 0 saturated carbocycles. The molecule has 2 rings (SSSR count). The van der Waals surface area contributed by atoms with Crippen molar-refractivity contribution in [3.63, 3.8) is 0 Å². The van der Waals surface area contributed by atoms with Gasteiger partial charge in [-0.1, -0.05) is 37.6 Å². The fourth-order valence-electron chi connectivity index (χ4n) is 1.92. The average Bonchev–Trinajstić information content (AvgIpc) is 2.29. The molecule has 0 spiro atoms. The van der Waals surface area contributed by atoms with Crippen molar-refractivity contribution in [3.05, 3.63) is 53.8 Å². The van der Waals surface area contributed by atoms with Gasteiger partial charge in [0.15, 0.2) is 0 Å². The number of phenols is 1. The van der Waals surface area contributed by atoms with E-state index in [9.17, 15) is 9.50 Å². The van der Waals surface area contributed by atoms with Gasteiger partial charge in [-0.3, -0.25) is 0 Å². The summed E-state index contributed by atoms with van der Waals surface area (Å²) in [6.45, 7) is 2.09. The number of halogens is 1. The lowest BCUT2D eigenvalue weighted by Gasteiger charge is -2.07. The Labute approximate surface area is 101 Å². The first kappa shape index (κ1) is 11.6. The predicted octanol–water partition coefficient (Wildman–Crippen LogP) is 4.15. The second-order valence-corrected chi connectivity index (χ2v) is 4.11. The molecule has 0 radical (unpaired) electrons. The molecule has 0 amide bonds. The van der Waals surface area contributed by atoms with E-state index < -0.39 is 0 Å². The number of rotatable bonds is 3. The van der Waals surface area contributed by atoms with Gasteiger partial charge < -0.3 is 5.11 Å². The van der Waals surface area contributed by atoms with E-state index in [-0.39, 0.29) is 11.6 Å². The Kier molecular flexibility index (Phi) is 3.43. The standard InChI is InChI=1S/C15H15FO/c1-2-4-11-7-8-14(15(17)9-11)12-5-3-6-13(16)10-12/h3,5-10,17H,2,4H2,1H3. The van der Waals surface area contributed by atoms with Gasteiger partial charge in [-0.15, -0.1) is 0 Å². The van der Waals surface area contributed by atoms with Crippen LogP contribution in [-0.4, -0.2) is 5.11 Å². The molecule has 0 saturated heterocycles. The average molecular weight is 230 g/mol. The predicted molar refractivity (Wildman–Crippen MR) is 67.5 cm³/mol. The van der Waals surface area contributed by atoms with E-state index in [4.69, 9.17) is 0 Å². The van der Waals surface area contributed by atoms with Crippen molar-refractivity contribution in [2.45, 2.75) is 19.8 Å². The smallest absolute Gasteiger partial charge is 0.123 e. The van der Waals surface area contributed by atoms with Gasteiger partial charge in [0.05, 0.1) is 0 Å². The van der Waals surface area contributed by atoms with Crippen molar-refractivity contribution in [1.29, 1.82) is 0 Å². The minimum absolute atomic E-state index is 0.210. The zero-order valence-corrected chi connectivity index (χ0v) is 9.78. The molecular formula is C15H15FO. The molecule has 0 aliphatic rings. The highest BCUT2D eigenvalue weighted by molar-refractivity contribution is 5.70. The zero-order valence-electron chi connectivity index (χ0n) is 9.78. The number of aromatic hydroxyl groups is 1. The van der Waals surface area contributed by atoms with Gasteiger partial charge in [0.1, 0.15) is 11.6 Å². The minimum Gasteiger partial charge on any atom is -0.507 e. The first-order valence-corrected chi connectivity index (χ1v) is 5.78. The van der Waals surface area contributed by atoms with E-state index in [1.807, 2.05) is 12.1 Å². The highest BCUT2D eigenvalue weighted by Crippen LogP contribution is 2.30. The second-order valence-electron chi connectivity index (χ2n) is 4.11. The summed E-state index contributed by atoms with van der Waals surface area (Å²) in [6, 6.07) is 11.8. The van der Waals surface area contributed by atoms with Crippen LogP contribution in [0.4, 0.5) is 4.39 Å². The molecule has 0 aliphatic carbocycles. The van der Waals surface area contributed by atoms with Gasteiger partial charge in [0.2, 0.25) is 0 Å². The second kappa shape index (κ2) is 5.00. The van der Waals surface area contributed by atoms with E-state index in [1.165, 1.54) is 12.1 Å². The lowest BCUT2D eigenvalue weighted by Crippen LogP contribution is -1.86. The van der Waals surface area contributed by atoms with Crippen LogP contribution in [0, 0.1) is 5.82 Å². The molecule has 1 nitrogen and oxygen atoms in total. The molecule has 0 aromatic heterocycles. The quantitative estimate of drug-likeness (QED) is 0.839. The van der Waals surface area contributed by atoms with Crippen molar-refractivity contribution in [2.24, 2.45) is 0 Å². The number of benzene rings is 2. The summed E-state index contributed by atoms with van der Waals surface area (Å²) >= 11 is 0. The molecule has 2 aromatic rings. The highest BCUT2D eigenvalue weighted by Gasteiger charge is 2.05. The van der Waals surface area contributed by atoms with Gasteiger partial charge in [0, 0.05) is 5.56 Å². The molecule has 1 N–H and O–H groups in total. The molecule has 0 unspecified atom stereocenters. The van der Waals surface area contributed by atoms with Gasteiger partial charge in [-0.25, -0.2) is 4.39 Å². The third-order valence-electron chi connectivity index (χ3n) is 2.74. The van der Waals surface area contributed by atoms with Crippen molar-refractivity contribution in [3.8, 4) is 16.9 Å². The van der Waals surface area contributed by atoms with Crippen LogP contribution in [0.15, 0.2) is 42.5 Å². The van der Waals surface area contributed by atoms with Crippen LogP contribution < -0.4 is 0 Å². The molecule has 0 heterocycles. The van der Waals surface area contributed by atoms with Gasteiger partial charge in [-0.2, -0.15) is 0 Å². The van der Waals surface area contributed by atoms with Crippen LogP contribution in [-0.2, 0) is 6.42 Å². The summed E-state index contributed by atoms with van der Waals surface area (Å²) in [5, 5.41) is 9.94. The maximum absolute atomic E-state index is 13.1. The maximum Gasteiger partial charge on any atom is 0.123 e. The molecular weight excluding hydrogens is 215 g/mol. The summed E-state index contributed by atoms with van der Waals surface area (Å²) in [5.41, 5.74) is 2.47. The first-order valence-electron chi connectivity index (χ1n) is 5.78. The zero-order chi connectivity index (χ0) is 12.3. The molecule has 0 aliphatic heterocycles. The molecule has 2 heteroatoms. The van der Waals surface area contributed by atoms with Crippen LogP contribution in [0.3, 0.4) is 0 Å². The lowest BCUT2D eigenvalue weighted by molar-refractivity contribution is 0.476.